The highest BCUT2D eigenvalue weighted by Crippen LogP contribution is 2.23. The number of carbonyl (C=O) groups is 1. The highest BCUT2D eigenvalue weighted by molar-refractivity contribution is 5.94. The molecule has 5 heteroatoms. The smallest absolute Gasteiger partial charge is 0.345 e. The second kappa shape index (κ2) is 11.1. The van der Waals surface area contributed by atoms with E-state index in [1.54, 1.807) is 0 Å². The first-order valence-electron chi connectivity index (χ1n) is 12.6. The predicted octanol–water partition coefficient (Wildman–Crippen LogP) is 5.31. The molecule has 4 aliphatic rings. The van der Waals surface area contributed by atoms with E-state index in [4.69, 9.17) is 0 Å². The standard InChI is InChI=1S/C26H40N4O/c1-21-8-4-3-7-16-30-19-18-29(20-22-11-13-23(21)14-12-22)17-15-25(28-26(30)31)27-24-9-5-2-6-10-24/h11-14,21,24H,2-10,15-20H2,1H3,(H,27,28,31). The van der Waals surface area contributed by atoms with Crippen LogP contribution in [0.2, 0.25) is 0 Å². The molecule has 2 unspecified atom stereocenters. The Labute approximate surface area is 188 Å². The Hall–Kier alpha value is -1.88. The van der Waals surface area contributed by atoms with Crippen molar-refractivity contribution in [1.29, 1.82) is 0 Å². The van der Waals surface area contributed by atoms with Crippen molar-refractivity contribution >= 4 is 11.9 Å². The molecule has 2 amide bonds. The van der Waals surface area contributed by atoms with Crippen molar-refractivity contribution in [2.45, 2.75) is 89.6 Å². The van der Waals surface area contributed by atoms with Gasteiger partial charge in [-0.25, -0.2) is 4.79 Å². The van der Waals surface area contributed by atoms with Crippen LogP contribution in [0.25, 0.3) is 0 Å². The monoisotopic (exact) mass is 424 g/mol. The van der Waals surface area contributed by atoms with Gasteiger partial charge in [-0.15, -0.1) is 0 Å². The Kier molecular flexibility index (Phi) is 8.01. The van der Waals surface area contributed by atoms with Crippen LogP contribution in [0.15, 0.2) is 29.3 Å². The van der Waals surface area contributed by atoms with Crippen LogP contribution in [0.5, 0.6) is 0 Å². The molecule has 3 heterocycles. The van der Waals surface area contributed by atoms with Gasteiger partial charge in [-0.05, 0) is 42.7 Å². The van der Waals surface area contributed by atoms with Crippen LogP contribution >= 0.6 is 0 Å². The summed E-state index contributed by atoms with van der Waals surface area (Å²) in [6.45, 7) is 6.73. The molecule has 0 spiro atoms. The third kappa shape index (κ3) is 6.55. The Morgan fingerprint density at radius 2 is 1.61 bits per heavy atom. The molecule has 2 atom stereocenters. The molecular formula is C26H40N4O. The van der Waals surface area contributed by atoms with E-state index < -0.39 is 0 Å². The van der Waals surface area contributed by atoms with Gasteiger partial charge in [0.1, 0.15) is 5.84 Å². The first-order valence-corrected chi connectivity index (χ1v) is 12.6. The van der Waals surface area contributed by atoms with Crippen molar-refractivity contribution in [2.75, 3.05) is 26.2 Å². The van der Waals surface area contributed by atoms with Gasteiger partial charge in [0.2, 0.25) is 0 Å². The summed E-state index contributed by atoms with van der Waals surface area (Å²) in [5, 5.41) is 3.65. The molecule has 1 saturated carbocycles. The average Bonchev–Trinajstić information content (AvgIpc) is 2.84. The first-order chi connectivity index (χ1) is 15.2. The Balaban J connectivity index is 1.52. The summed E-state index contributed by atoms with van der Waals surface area (Å²) in [5.74, 6) is 1.50. The number of hydrogen-bond donors (Lipinski definition) is 1. The van der Waals surface area contributed by atoms with Gasteiger partial charge in [-0.1, -0.05) is 63.3 Å². The number of benzene rings is 1. The number of fused-ring (bicyclic) bond motifs is 7. The lowest BCUT2D eigenvalue weighted by Crippen LogP contribution is -2.38. The van der Waals surface area contributed by atoms with Crippen LogP contribution in [0.4, 0.5) is 4.79 Å². The molecule has 31 heavy (non-hydrogen) atoms. The summed E-state index contributed by atoms with van der Waals surface area (Å²) in [6, 6.07) is 9.69. The van der Waals surface area contributed by atoms with Crippen molar-refractivity contribution in [3.63, 3.8) is 0 Å². The van der Waals surface area contributed by atoms with E-state index in [0.29, 0.717) is 12.0 Å². The van der Waals surface area contributed by atoms with E-state index in [2.05, 4.69) is 46.4 Å². The number of amides is 2. The van der Waals surface area contributed by atoms with E-state index >= 15 is 0 Å². The average molecular weight is 425 g/mol. The number of amidine groups is 1. The molecule has 4 bridgehead atoms. The number of carbonyl (C=O) groups excluding carboxylic acids is 1. The fourth-order valence-electron chi connectivity index (χ4n) is 5.23. The van der Waals surface area contributed by atoms with Crippen LogP contribution < -0.4 is 5.32 Å². The fourth-order valence-corrected chi connectivity index (χ4v) is 5.23. The molecule has 0 radical (unpaired) electrons. The van der Waals surface area contributed by atoms with Crippen LogP contribution in [-0.4, -0.2) is 53.9 Å². The van der Waals surface area contributed by atoms with Gasteiger partial charge in [0.25, 0.3) is 0 Å². The first kappa shape index (κ1) is 22.3. The molecule has 1 aliphatic carbocycles. The van der Waals surface area contributed by atoms with E-state index in [9.17, 15) is 4.79 Å². The third-order valence-electron chi connectivity index (χ3n) is 7.35. The quantitative estimate of drug-likeness (QED) is 0.664. The second-order valence-corrected chi connectivity index (χ2v) is 9.83. The van der Waals surface area contributed by atoms with Gasteiger partial charge in [-0.2, -0.15) is 4.99 Å². The molecule has 0 aromatic heterocycles. The summed E-state index contributed by atoms with van der Waals surface area (Å²) in [6.07, 6.45) is 11.8. The molecule has 1 N–H and O–H groups in total. The van der Waals surface area contributed by atoms with Crippen molar-refractivity contribution < 1.29 is 4.79 Å². The molecule has 1 aromatic rings. The van der Waals surface area contributed by atoms with Crippen LogP contribution in [0, 0.1) is 0 Å². The molecule has 5 nitrogen and oxygen atoms in total. The van der Waals surface area contributed by atoms with E-state index in [0.717, 1.165) is 51.4 Å². The highest BCUT2D eigenvalue weighted by atomic mass is 16.2. The number of nitrogens with one attached hydrogen (secondary N) is 1. The number of urea groups is 1. The highest BCUT2D eigenvalue weighted by Gasteiger charge is 2.21. The molecular weight excluding hydrogens is 384 g/mol. The van der Waals surface area contributed by atoms with Gasteiger partial charge in [0.15, 0.2) is 0 Å². The van der Waals surface area contributed by atoms with Gasteiger partial charge in [-0.3, -0.25) is 4.90 Å². The summed E-state index contributed by atoms with van der Waals surface area (Å²) in [4.78, 5) is 22.1. The third-order valence-corrected chi connectivity index (χ3v) is 7.35. The summed E-state index contributed by atoms with van der Waals surface area (Å²) in [5.41, 5.74) is 2.82. The lowest BCUT2D eigenvalue weighted by atomic mass is 9.94. The van der Waals surface area contributed by atoms with Crippen LogP contribution in [0.3, 0.4) is 0 Å². The predicted molar refractivity (Wildman–Crippen MR) is 128 cm³/mol. The maximum atomic E-state index is 13.1. The zero-order valence-electron chi connectivity index (χ0n) is 19.3. The molecule has 0 saturated heterocycles. The van der Waals surface area contributed by atoms with E-state index in [-0.39, 0.29) is 6.03 Å². The number of nitrogens with zero attached hydrogens (tertiary/aromatic N) is 3. The zero-order valence-corrected chi connectivity index (χ0v) is 19.3. The van der Waals surface area contributed by atoms with Gasteiger partial charge < -0.3 is 10.2 Å². The van der Waals surface area contributed by atoms with Crippen molar-refractivity contribution in [2.24, 2.45) is 4.99 Å². The molecule has 170 valence electrons. The zero-order chi connectivity index (χ0) is 21.5. The molecule has 1 aromatic carbocycles. The van der Waals surface area contributed by atoms with E-state index in [1.807, 2.05) is 4.90 Å². The topological polar surface area (TPSA) is 47.9 Å². The molecule has 1 fully saturated rings. The number of aliphatic imine (C=N–C) groups is 1. The largest absolute Gasteiger partial charge is 0.371 e. The summed E-state index contributed by atoms with van der Waals surface area (Å²) < 4.78 is 0. The second-order valence-electron chi connectivity index (χ2n) is 9.83. The van der Waals surface area contributed by atoms with Crippen molar-refractivity contribution in [1.82, 2.24) is 15.1 Å². The minimum atomic E-state index is -0.0400. The maximum Gasteiger partial charge on any atom is 0.345 e. The van der Waals surface area contributed by atoms with Gasteiger partial charge in [0.05, 0.1) is 0 Å². The number of hydrogen-bond acceptors (Lipinski definition) is 3. The molecule has 5 rings (SSSR count). The lowest BCUT2D eigenvalue weighted by molar-refractivity contribution is 0.190. The van der Waals surface area contributed by atoms with E-state index in [1.165, 1.54) is 62.5 Å². The summed E-state index contributed by atoms with van der Waals surface area (Å²) in [7, 11) is 0. The van der Waals surface area contributed by atoms with Gasteiger partial charge in [0, 0.05) is 45.2 Å². The van der Waals surface area contributed by atoms with Crippen molar-refractivity contribution in [3.05, 3.63) is 35.4 Å². The Morgan fingerprint density at radius 3 is 2.42 bits per heavy atom. The normalized spacial score (nSPS) is 28.6. The van der Waals surface area contributed by atoms with Crippen molar-refractivity contribution in [3.8, 4) is 0 Å². The van der Waals surface area contributed by atoms with Crippen LogP contribution in [-0.2, 0) is 6.54 Å². The Bertz CT molecular complexity index is 738. The maximum absolute atomic E-state index is 13.1. The lowest BCUT2D eigenvalue weighted by Gasteiger charge is -2.26. The fraction of sp³-hybridized carbons (Fsp3) is 0.692. The molecule has 3 aliphatic heterocycles. The minimum absolute atomic E-state index is 0.0400. The number of rotatable bonds is 1. The summed E-state index contributed by atoms with van der Waals surface area (Å²) >= 11 is 0. The van der Waals surface area contributed by atoms with Crippen LogP contribution in [0.1, 0.15) is 88.2 Å². The Morgan fingerprint density at radius 1 is 0.871 bits per heavy atom. The SMILES string of the molecule is CC1CCCCCN2CCN(CC/C(NC3CCCCC3)=N\C2=O)Cc2ccc1cc2. The minimum Gasteiger partial charge on any atom is -0.371 e. The van der Waals surface area contributed by atoms with Gasteiger partial charge >= 0.3 is 6.03 Å².